The summed E-state index contributed by atoms with van der Waals surface area (Å²) in [7, 11) is 0. The number of thioether (sulfide) groups is 1. The summed E-state index contributed by atoms with van der Waals surface area (Å²) >= 11 is 1.63. The van der Waals surface area contributed by atoms with Crippen molar-refractivity contribution < 1.29 is 24.1 Å². The van der Waals surface area contributed by atoms with Crippen molar-refractivity contribution in [2.75, 3.05) is 12.3 Å². The lowest BCUT2D eigenvalue weighted by molar-refractivity contribution is -0.215. The van der Waals surface area contributed by atoms with Gasteiger partial charge in [-0.05, 0) is 27.7 Å². The Morgan fingerprint density at radius 1 is 1.29 bits per heavy atom. The second-order valence-electron chi connectivity index (χ2n) is 4.56. The van der Waals surface area contributed by atoms with Crippen LogP contribution in [0.1, 0.15) is 27.7 Å². The van der Waals surface area contributed by atoms with Gasteiger partial charge in [0.15, 0.2) is 0 Å². The van der Waals surface area contributed by atoms with Crippen LogP contribution in [0.4, 0.5) is 9.59 Å². The Bertz CT molecular complexity index is 302. The fraction of sp³-hybridized carbons (Fsp3) is 0.800. The maximum absolute atomic E-state index is 11.5. The zero-order valence-corrected chi connectivity index (χ0v) is 11.2. The first kappa shape index (κ1) is 14.0. The first-order valence-electron chi connectivity index (χ1n) is 5.29. The highest BCUT2D eigenvalue weighted by molar-refractivity contribution is 8.00. The Balaban J connectivity index is 2.31. The number of hydrogen-bond donors (Lipinski definition) is 0. The summed E-state index contributed by atoms with van der Waals surface area (Å²) < 4.78 is 4.82. The molecule has 1 unspecified atom stereocenters. The standard InChI is InChI=1S/C10H17NO5S/c1-7-11(5-6-17-7)8(12)15-16-9(13)14-10(2,3)4/h7H,5-6H2,1-4H3. The number of carbonyl (C=O) groups excluding carboxylic acids is 2. The third-order valence-corrected chi connectivity index (χ3v) is 3.09. The van der Waals surface area contributed by atoms with Gasteiger partial charge in [-0.1, -0.05) is 0 Å². The second-order valence-corrected chi connectivity index (χ2v) is 5.98. The summed E-state index contributed by atoms with van der Waals surface area (Å²) in [4.78, 5) is 32.8. The molecule has 0 N–H and O–H groups in total. The fourth-order valence-electron chi connectivity index (χ4n) is 1.22. The van der Waals surface area contributed by atoms with Crippen LogP contribution in [0.15, 0.2) is 0 Å². The van der Waals surface area contributed by atoms with Gasteiger partial charge in [0.25, 0.3) is 0 Å². The lowest BCUT2D eigenvalue weighted by atomic mass is 10.2. The van der Waals surface area contributed by atoms with Gasteiger partial charge < -0.3 is 4.74 Å². The van der Waals surface area contributed by atoms with Gasteiger partial charge in [0.05, 0.1) is 5.37 Å². The van der Waals surface area contributed by atoms with Crippen molar-refractivity contribution >= 4 is 24.0 Å². The zero-order valence-electron chi connectivity index (χ0n) is 10.4. The Kier molecular flexibility index (Phi) is 4.50. The number of hydrogen-bond acceptors (Lipinski definition) is 6. The van der Waals surface area contributed by atoms with E-state index in [9.17, 15) is 9.59 Å². The average Bonchev–Trinajstić information content (AvgIpc) is 2.58. The minimum absolute atomic E-state index is 0.0322. The molecule has 0 aromatic rings. The Labute approximate surface area is 104 Å². The molecule has 1 saturated heterocycles. The van der Waals surface area contributed by atoms with Crippen molar-refractivity contribution in [1.82, 2.24) is 4.90 Å². The van der Waals surface area contributed by atoms with Gasteiger partial charge in [-0.2, -0.15) is 4.79 Å². The number of rotatable bonds is 0. The largest absolute Gasteiger partial charge is 0.550 e. The Morgan fingerprint density at radius 3 is 2.41 bits per heavy atom. The summed E-state index contributed by atoms with van der Waals surface area (Å²) in [6.45, 7) is 7.54. The molecular weight excluding hydrogens is 246 g/mol. The molecule has 1 amide bonds. The molecule has 0 aromatic heterocycles. The molecule has 0 spiro atoms. The van der Waals surface area contributed by atoms with Gasteiger partial charge in [0.2, 0.25) is 0 Å². The molecule has 1 rings (SSSR count). The van der Waals surface area contributed by atoms with Gasteiger partial charge in [0, 0.05) is 12.3 Å². The van der Waals surface area contributed by atoms with Crippen LogP contribution >= 0.6 is 11.8 Å². The lowest BCUT2D eigenvalue weighted by Gasteiger charge is -2.20. The summed E-state index contributed by atoms with van der Waals surface area (Å²) in [6.07, 6.45) is -1.70. The second kappa shape index (κ2) is 5.48. The van der Waals surface area contributed by atoms with Gasteiger partial charge in [-0.3, -0.25) is 4.90 Å². The molecule has 0 radical (unpaired) electrons. The summed E-state index contributed by atoms with van der Waals surface area (Å²) in [5.41, 5.74) is -0.680. The number of ether oxygens (including phenoxy) is 1. The first-order valence-corrected chi connectivity index (χ1v) is 6.34. The monoisotopic (exact) mass is 263 g/mol. The summed E-state index contributed by atoms with van der Waals surface area (Å²) in [6, 6.07) is 0. The minimum Gasteiger partial charge on any atom is -0.426 e. The van der Waals surface area contributed by atoms with E-state index in [1.165, 1.54) is 4.90 Å². The van der Waals surface area contributed by atoms with E-state index in [0.717, 1.165) is 5.75 Å². The predicted octanol–water partition coefficient (Wildman–Crippen LogP) is 2.38. The van der Waals surface area contributed by atoms with E-state index in [-0.39, 0.29) is 5.37 Å². The van der Waals surface area contributed by atoms with E-state index in [1.807, 2.05) is 6.92 Å². The number of nitrogens with zero attached hydrogens (tertiary/aromatic N) is 1. The van der Waals surface area contributed by atoms with E-state index in [2.05, 4.69) is 9.78 Å². The van der Waals surface area contributed by atoms with Crippen LogP contribution < -0.4 is 0 Å². The van der Waals surface area contributed by atoms with Crippen molar-refractivity contribution in [3.05, 3.63) is 0 Å². The lowest BCUT2D eigenvalue weighted by Crippen LogP contribution is -2.35. The molecule has 0 aliphatic carbocycles. The SMILES string of the molecule is CC1SCCN1C(=O)OOC(=O)OC(C)(C)C. The molecule has 1 aliphatic heterocycles. The maximum atomic E-state index is 11.5. The van der Waals surface area contributed by atoms with Gasteiger partial charge in [-0.15, -0.1) is 11.8 Å². The molecule has 7 heteroatoms. The minimum atomic E-state index is -1.02. The first-order chi connectivity index (χ1) is 7.79. The van der Waals surface area contributed by atoms with E-state index < -0.39 is 17.8 Å². The molecule has 1 aliphatic rings. The topological polar surface area (TPSA) is 65.1 Å². The van der Waals surface area contributed by atoms with Crippen molar-refractivity contribution in [1.29, 1.82) is 0 Å². The number of amides is 1. The fourth-order valence-corrected chi connectivity index (χ4v) is 2.23. The van der Waals surface area contributed by atoms with E-state index in [0.29, 0.717) is 6.54 Å². The molecular formula is C10H17NO5S. The zero-order chi connectivity index (χ0) is 13.1. The molecule has 1 heterocycles. The Morgan fingerprint density at radius 2 is 1.94 bits per heavy atom. The van der Waals surface area contributed by atoms with Crippen LogP contribution in [0.5, 0.6) is 0 Å². The highest BCUT2D eigenvalue weighted by Gasteiger charge is 2.29. The molecule has 1 atom stereocenters. The summed E-state index contributed by atoms with van der Waals surface area (Å²) in [5.74, 6) is 0.850. The van der Waals surface area contributed by atoms with E-state index in [1.54, 1.807) is 32.5 Å². The highest BCUT2D eigenvalue weighted by Crippen LogP contribution is 2.23. The average molecular weight is 263 g/mol. The van der Waals surface area contributed by atoms with Crippen LogP contribution in [-0.2, 0) is 14.5 Å². The van der Waals surface area contributed by atoms with Crippen LogP contribution in [0, 0.1) is 0 Å². The predicted molar refractivity (Wildman–Crippen MR) is 62.4 cm³/mol. The Hall–Kier alpha value is -1.11. The molecule has 6 nitrogen and oxygen atoms in total. The molecule has 17 heavy (non-hydrogen) atoms. The van der Waals surface area contributed by atoms with Crippen LogP contribution in [-0.4, -0.2) is 40.4 Å². The van der Waals surface area contributed by atoms with Gasteiger partial charge >= 0.3 is 12.2 Å². The van der Waals surface area contributed by atoms with Crippen molar-refractivity contribution in [3.63, 3.8) is 0 Å². The molecule has 1 fully saturated rings. The number of carbonyl (C=O) groups is 2. The van der Waals surface area contributed by atoms with Crippen LogP contribution in [0.2, 0.25) is 0 Å². The third-order valence-electron chi connectivity index (χ3n) is 1.94. The smallest absolute Gasteiger partial charge is 0.426 e. The highest BCUT2D eigenvalue weighted by atomic mass is 32.2. The van der Waals surface area contributed by atoms with Crippen LogP contribution in [0.25, 0.3) is 0 Å². The quantitative estimate of drug-likeness (QED) is 0.380. The van der Waals surface area contributed by atoms with Crippen molar-refractivity contribution in [3.8, 4) is 0 Å². The van der Waals surface area contributed by atoms with Crippen molar-refractivity contribution in [2.24, 2.45) is 0 Å². The molecule has 0 bridgehead atoms. The van der Waals surface area contributed by atoms with Gasteiger partial charge in [0.1, 0.15) is 5.60 Å². The van der Waals surface area contributed by atoms with E-state index in [4.69, 9.17) is 4.74 Å². The van der Waals surface area contributed by atoms with Crippen molar-refractivity contribution in [2.45, 2.75) is 38.7 Å². The maximum Gasteiger partial charge on any atom is 0.550 e. The summed E-state index contributed by atoms with van der Waals surface area (Å²) in [5, 5.41) is 0.0322. The normalized spacial score (nSPS) is 20.0. The molecule has 98 valence electrons. The molecule has 0 saturated carbocycles. The van der Waals surface area contributed by atoms with Gasteiger partial charge in [-0.25, -0.2) is 14.6 Å². The van der Waals surface area contributed by atoms with E-state index >= 15 is 0 Å². The third kappa shape index (κ3) is 4.72. The molecule has 0 aromatic carbocycles. The van der Waals surface area contributed by atoms with Crippen LogP contribution in [0.3, 0.4) is 0 Å².